The second-order valence-corrected chi connectivity index (χ2v) is 8.21. The number of aromatic amines is 1. The molecule has 0 bridgehead atoms. The van der Waals surface area contributed by atoms with Crippen LogP contribution in [0.4, 0.5) is 10.5 Å². The number of aromatic nitrogens is 3. The number of esters is 2. The molecular weight excluding hydrogens is 506 g/mol. The van der Waals surface area contributed by atoms with Crippen molar-refractivity contribution in [2.24, 2.45) is 0 Å². The van der Waals surface area contributed by atoms with E-state index < -0.39 is 23.5 Å². The summed E-state index contributed by atoms with van der Waals surface area (Å²) < 4.78 is 17.1. The first kappa shape index (κ1) is 26.9. The number of ether oxygens (including phenoxy) is 3. The van der Waals surface area contributed by atoms with Gasteiger partial charge in [0.05, 0.1) is 42.6 Å². The van der Waals surface area contributed by atoms with Crippen molar-refractivity contribution < 1.29 is 28.6 Å². The Kier molecular flexibility index (Phi) is 8.24. The van der Waals surface area contributed by atoms with Crippen molar-refractivity contribution in [2.75, 3.05) is 25.6 Å². The lowest BCUT2D eigenvalue weighted by Gasteiger charge is -2.12. The third-order valence-electron chi connectivity index (χ3n) is 5.60. The van der Waals surface area contributed by atoms with Gasteiger partial charge in [-0.3, -0.25) is 4.79 Å². The second kappa shape index (κ2) is 11.9. The molecule has 0 unspecified atom stereocenters. The summed E-state index contributed by atoms with van der Waals surface area (Å²) in [6.07, 6.45) is 3.58. The molecule has 0 aliphatic rings. The Balaban J connectivity index is 1.46. The lowest BCUT2D eigenvalue weighted by molar-refractivity contribution is 0.0511. The van der Waals surface area contributed by atoms with Gasteiger partial charge in [-0.1, -0.05) is 0 Å². The van der Waals surface area contributed by atoms with Crippen LogP contribution in [0.2, 0.25) is 0 Å². The zero-order valence-corrected chi connectivity index (χ0v) is 21.6. The minimum atomic E-state index is -0.805. The lowest BCUT2D eigenvalue weighted by Crippen LogP contribution is -2.28. The highest BCUT2D eigenvalue weighted by molar-refractivity contribution is 5.92. The molecule has 0 spiro atoms. The number of benzene rings is 2. The molecule has 2 amide bonds. The van der Waals surface area contributed by atoms with Crippen LogP contribution in [0, 0.1) is 0 Å². The monoisotopic (exact) mass is 533 g/mol. The third kappa shape index (κ3) is 6.24. The van der Waals surface area contributed by atoms with Gasteiger partial charge in [-0.05, 0) is 55.8 Å². The molecule has 2 aromatic carbocycles. The summed E-state index contributed by atoms with van der Waals surface area (Å²) in [6, 6.07) is 11.1. The Labute approximate surface area is 222 Å². The summed E-state index contributed by atoms with van der Waals surface area (Å²) in [5.74, 6) is -0.770. The van der Waals surface area contributed by atoms with Gasteiger partial charge in [0.1, 0.15) is 5.75 Å². The highest BCUT2D eigenvalue weighted by Gasteiger charge is 2.17. The summed E-state index contributed by atoms with van der Waals surface area (Å²) >= 11 is 0. The SMILES string of the molecule is CCOC(=O)c1ccc(NC(=O)NCc2ccn(-c3cc4nc(C(=O)OCC)c(=O)[nH]c4cc3OC)c2)cc1. The predicted octanol–water partition coefficient (Wildman–Crippen LogP) is 3.40. The fourth-order valence-corrected chi connectivity index (χ4v) is 3.76. The van der Waals surface area contributed by atoms with Crippen molar-refractivity contribution in [1.29, 1.82) is 0 Å². The Bertz CT molecular complexity index is 1570. The standard InChI is InChI=1S/C27H27N5O7/c1-4-38-25(34)17-6-8-18(9-7-17)29-27(36)28-14-16-10-11-32(15-16)21-12-19-20(13-22(21)37-3)31-24(33)23(30-19)26(35)39-5-2/h6-13,15H,4-5,14H2,1-3H3,(H,31,33)(H2,28,29,36). The maximum absolute atomic E-state index is 12.4. The highest BCUT2D eigenvalue weighted by Crippen LogP contribution is 2.27. The van der Waals surface area contributed by atoms with E-state index in [1.165, 1.54) is 7.11 Å². The molecule has 0 aliphatic carbocycles. The number of nitrogens with zero attached hydrogens (tertiary/aromatic N) is 2. The fourth-order valence-electron chi connectivity index (χ4n) is 3.76. The number of hydrogen-bond acceptors (Lipinski definition) is 8. The molecule has 202 valence electrons. The van der Waals surface area contributed by atoms with E-state index in [1.54, 1.807) is 67.2 Å². The Morgan fingerprint density at radius 3 is 2.41 bits per heavy atom. The van der Waals surface area contributed by atoms with E-state index >= 15 is 0 Å². The maximum atomic E-state index is 12.4. The minimum absolute atomic E-state index is 0.117. The Morgan fingerprint density at radius 2 is 1.72 bits per heavy atom. The van der Waals surface area contributed by atoms with E-state index in [2.05, 4.69) is 20.6 Å². The van der Waals surface area contributed by atoms with Crippen molar-refractivity contribution in [3.63, 3.8) is 0 Å². The van der Waals surface area contributed by atoms with Gasteiger partial charge in [0.25, 0.3) is 5.56 Å². The van der Waals surface area contributed by atoms with Gasteiger partial charge >= 0.3 is 18.0 Å². The van der Waals surface area contributed by atoms with Crippen LogP contribution < -0.4 is 20.9 Å². The fraction of sp³-hybridized carbons (Fsp3) is 0.222. The van der Waals surface area contributed by atoms with Crippen LogP contribution >= 0.6 is 0 Å². The van der Waals surface area contributed by atoms with Crippen LogP contribution in [0.5, 0.6) is 5.75 Å². The third-order valence-corrected chi connectivity index (χ3v) is 5.60. The Hall–Kier alpha value is -5.13. The van der Waals surface area contributed by atoms with Crippen LogP contribution in [-0.4, -0.2) is 52.8 Å². The first-order valence-electron chi connectivity index (χ1n) is 12.1. The number of amides is 2. The van der Waals surface area contributed by atoms with Gasteiger partial charge in [0.15, 0.2) is 0 Å². The van der Waals surface area contributed by atoms with E-state index in [1.807, 2.05) is 6.07 Å². The predicted molar refractivity (Wildman–Crippen MR) is 142 cm³/mol. The van der Waals surface area contributed by atoms with E-state index in [-0.39, 0.29) is 25.5 Å². The molecule has 0 saturated carbocycles. The summed E-state index contributed by atoms with van der Waals surface area (Å²) in [6.45, 7) is 4.00. The van der Waals surface area contributed by atoms with Crippen LogP contribution in [0.3, 0.4) is 0 Å². The molecule has 0 aliphatic heterocycles. The molecule has 39 heavy (non-hydrogen) atoms. The van der Waals surface area contributed by atoms with Crippen LogP contribution in [-0.2, 0) is 16.0 Å². The summed E-state index contributed by atoms with van der Waals surface area (Å²) in [5, 5.41) is 5.49. The van der Waals surface area contributed by atoms with Gasteiger partial charge in [-0.15, -0.1) is 0 Å². The number of methoxy groups -OCH3 is 1. The number of nitrogens with one attached hydrogen (secondary N) is 3. The minimum Gasteiger partial charge on any atom is -0.494 e. The van der Waals surface area contributed by atoms with Crippen LogP contribution in [0.15, 0.2) is 59.7 Å². The van der Waals surface area contributed by atoms with E-state index in [4.69, 9.17) is 14.2 Å². The first-order valence-corrected chi connectivity index (χ1v) is 12.1. The highest BCUT2D eigenvalue weighted by atomic mass is 16.5. The molecule has 0 radical (unpaired) electrons. The normalized spacial score (nSPS) is 10.6. The molecule has 12 nitrogen and oxygen atoms in total. The Morgan fingerprint density at radius 1 is 1.00 bits per heavy atom. The number of anilines is 1. The van der Waals surface area contributed by atoms with Crippen LogP contribution in [0.25, 0.3) is 16.7 Å². The van der Waals surface area contributed by atoms with E-state index in [9.17, 15) is 19.2 Å². The second-order valence-electron chi connectivity index (χ2n) is 8.21. The number of hydrogen-bond donors (Lipinski definition) is 3. The van der Waals surface area contributed by atoms with Gasteiger partial charge in [0, 0.05) is 30.7 Å². The van der Waals surface area contributed by atoms with Gasteiger partial charge < -0.3 is 34.4 Å². The van der Waals surface area contributed by atoms with E-state index in [0.717, 1.165) is 5.56 Å². The molecule has 12 heteroatoms. The van der Waals surface area contributed by atoms with Crippen LogP contribution in [0.1, 0.15) is 40.3 Å². The van der Waals surface area contributed by atoms with E-state index in [0.29, 0.717) is 33.7 Å². The molecule has 0 saturated heterocycles. The average Bonchev–Trinajstić information content (AvgIpc) is 3.40. The molecule has 4 rings (SSSR count). The number of rotatable bonds is 9. The largest absolute Gasteiger partial charge is 0.494 e. The maximum Gasteiger partial charge on any atom is 0.362 e. The number of carbonyl (C=O) groups excluding carboxylic acids is 3. The zero-order chi connectivity index (χ0) is 27.9. The summed E-state index contributed by atoms with van der Waals surface area (Å²) in [5.41, 5.74) is 2.10. The van der Waals surface area contributed by atoms with Crippen molar-refractivity contribution in [2.45, 2.75) is 20.4 Å². The van der Waals surface area contributed by atoms with Crippen molar-refractivity contribution in [1.82, 2.24) is 19.9 Å². The zero-order valence-electron chi connectivity index (χ0n) is 21.6. The molecule has 2 heterocycles. The average molecular weight is 534 g/mol. The molecule has 4 aromatic rings. The first-order chi connectivity index (χ1) is 18.8. The van der Waals surface area contributed by atoms with Gasteiger partial charge in [-0.2, -0.15) is 0 Å². The van der Waals surface area contributed by atoms with Crippen molar-refractivity contribution in [3.05, 3.63) is 82.0 Å². The number of urea groups is 1. The van der Waals surface area contributed by atoms with Crippen molar-refractivity contribution >= 4 is 34.7 Å². The lowest BCUT2D eigenvalue weighted by atomic mass is 10.2. The molecule has 2 aromatic heterocycles. The van der Waals surface area contributed by atoms with Gasteiger partial charge in [-0.25, -0.2) is 19.4 Å². The summed E-state index contributed by atoms with van der Waals surface area (Å²) in [7, 11) is 1.50. The van der Waals surface area contributed by atoms with Gasteiger partial charge in [0.2, 0.25) is 5.69 Å². The summed E-state index contributed by atoms with van der Waals surface area (Å²) in [4.78, 5) is 55.4. The number of fused-ring (bicyclic) bond motifs is 1. The molecule has 0 atom stereocenters. The number of H-pyrrole nitrogens is 1. The quantitative estimate of drug-likeness (QED) is 0.277. The van der Waals surface area contributed by atoms with Crippen molar-refractivity contribution in [3.8, 4) is 11.4 Å². The topological polar surface area (TPSA) is 154 Å². The molecule has 3 N–H and O–H groups in total. The smallest absolute Gasteiger partial charge is 0.362 e. The molecule has 0 fully saturated rings. The molecular formula is C27H27N5O7. The number of carbonyl (C=O) groups is 3.